The minimum atomic E-state index is -0.00668. The van der Waals surface area contributed by atoms with Crippen LogP contribution >= 0.6 is 0 Å². The Bertz CT molecular complexity index is 654. The van der Waals surface area contributed by atoms with Crippen LogP contribution in [0, 0.1) is 0 Å². The fourth-order valence-corrected chi connectivity index (χ4v) is 2.33. The lowest BCUT2D eigenvalue weighted by Crippen LogP contribution is -2.31. The van der Waals surface area contributed by atoms with E-state index in [1.54, 1.807) is 6.20 Å². The number of amides is 1. The van der Waals surface area contributed by atoms with E-state index in [2.05, 4.69) is 27.4 Å². The summed E-state index contributed by atoms with van der Waals surface area (Å²) in [5, 5.41) is 2.89. The first-order valence-electron chi connectivity index (χ1n) is 7.80. The molecule has 0 aliphatic rings. The Labute approximate surface area is 137 Å². The monoisotopic (exact) mass is 313 g/mol. The molecule has 1 amide bonds. The quantitative estimate of drug-likeness (QED) is 0.890. The van der Waals surface area contributed by atoms with Crippen molar-refractivity contribution >= 4 is 5.91 Å². The molecule has 0 aliphatic heterocycles. The molecular weight excluding hydrogens is 290 g/mol. The highest BCUT2D eigenvalue weighted by Gasteiger charge is 2.07. The molecule has 1 unspecified atom stereocenters. The van der Waals surface area contributed by atoms with Crippen molar-refractivity contribution in [3.05, 3.63) is 42.1 Å². The van der Waals surface area contributed by atoms with Gasteiger partial charge in [-0.3, -0.25) is 4.79 Å². The first-order chi connectivity index (χ1) is 10.9. The van der Waals surface area contributed by atoms with Crippen LogP contribution < -0.4 is 10.1 Å². The van der Waals surface area contributed by atoms with Gasteiger partial charge in [-0.25, -0.2) is 4.98 Å². The second-order valence-corrected chi connectivity index (χ2v) is 5.89. The third-order valence-corrected chi connectivity index (χ3v) is 3.22. The van der Waals surface area contributed by atoms with Crippen molar-refractivity contribution in [2.45, 2.75) is 46.3 Å². The summed E-state index contributed by atoms with van der Waals surface area (Å²) >= 11 is 0. The van der Waals surface area contributed by atoms with Gasteiger partial charge in [0.1, 0.15) is 0 Å². The predicted octanol–water partition coefficient (Wildman–Crippen LogP) is 3.00. The number of hydrogen-bond acceptors (Lipinski definition) is 4. The first kappa shape index (κ1) is 16.9. The third kappa shape index (κ3) is 5.36. The van der Waals surface area contributed by atoms with Crippen molar-refractivity contribution in [3.8, 4) is 17.3 Å². The maximum Gasteiger partial charge on any atom is 0.317 e. The zero-order valence-electron chi connectivity index (χ0n) is 14.0. The Balaban J connectivity index is 2.08. The topological polar surface area (TPSA) is 64.1 Å². The summed E-state index contributed by atoms with van der Waals surface area (Å²) in [5.74, 6) is -0.00668. The molecule has 1 atom stereocenters. The van der Waals surface area contributed by atoms with E-state index in [0.29, 0.717) is 6.01 Å². The van der Waals surface area contributed by atoms with Gasteiger partial charge in [0, 0.05) is 24.7 Å². The fraction of sp³-hybridized carbons (Fsp3) is 0.389. The van der Waals surface area contributed by atoms with Gasteiger partial charge in [-0.1, -0.05) is 24.3 Å². The highest BCUT2D eigenvalue weighted by atomic mass is 16.5. The normalized spacial score (nSPS) is 12.0. The van der Waals surface area contributed by atoms with E-state index in [9.17, 15) is 4.79 Å². The van der Waals surface area contributed by atoms with Crippen molar-refractivity contribution in [2.24, 2.45) is 0 Å². The Hall–Kier alpha value is -2.43. The summed E-state index contributed by atoms with van der Waals surface area (Å²) < 4.78 is 5.53. The molecule has 1 aromatic carbocycles. The van der Waals surface area contributed by atoms with Gasteiger partial charge in [-0.15, -0.1) is 0 Å². The Morgan fingerprint density at radius 2 is 1.87 bits per heavy atom. The van der Waals surface area contributed by atoms with Gasteiger partial charge >= 0.3 is 6.01 Å². The molecule has 0 spiro atoms. The van der Waals surface area contributed by atoms with Crippen LogP contribution in [0.5, 0.6) is 6.01 Å². The number of ether oxygens (including phenoxy) is 1. The van der Waals surface area contributed by atoms with E-state index in [0.717, 1.165) is 17.7 Å². The van der Waals surface area contributed by atoms with Crippen LogP contribution in [0.4, 0.5) is 0 Å². The number of carbonyl (C=O) groups excluding carboxylic acids is 1. The number of nitrogens with zero attached hydrogens (tertiary/aromatic N) is 2. The first-order valence-corrected chi connectivity index (χ1v) is 7.80. The second-order valence-electron chi connectivity index (χ2n) is 5.89. The third-order valence-electron chi connectivity index (χ3n) is 3.22. The Kier molecular flexibility index (Phi) is 5.68. The largest absolute Gasteiger partial charge is 0.461 e. The minimum Gasteiger partial charge on any atom is -0.461 e. The van der Waals surface area contributed by atoms with Crippen LogP contribution in [0.3, 0.4) is 0 Å². The summed E-state index contributed by atoms with van der Waals surface area (Å²) in [6.45, 7) is 7.42. The maximum atomic E-state index is 11.1. The average Bonchev–Trinajstić information content (AvgIpc) is 2.46. The summed E-state index contributed by atoms with van der Waals surface area (Å²) in [5.41, 5.74) is 3.01. The number of aromatic nitrogens is 2. The molecule has 0 saturated heterocycles. The molecule has 2 aromatic rings. The highest BCUT2D eigenvalue weighted by Crippen LogP contribution is 2.20. The number of carbonyl (C=O) groups is 1. The average molecular weight is 313 g/mol. The lowest BCUT2D eigenvalue weighted by molar-refractivity contribution is -0.119. The molecular formula is C18H23N3O2. The van der Waals surface area contributed by atoms with Gasteiger partial charge < -0.3 is 10.1 Å². The molecule has 1 aromatic heterocycles. The van der Waals surface area contributed by atoms with E-state index in [4.69, 9.17) is 4.74 Å². The number of hydrogen-bond donors (Lipinski definition) is 1. The molecule has 0 radical (unpaired) electrons. The van der Waals surface area contributed by atoms with E-state index in [1.165, 1.54) is 12.5 Å². The summed E-state index contributed by atoms with van der Waals surface area (Å²) in [6.07, 6.45) is 2.54. The molecule has 0 aliphatic carbocycles. The molecule has 1 N–H and O–H groups in total. The molecule has 5 heteroatoms. The standard InChI is InChI=1S/C18H23N3O2/c1-12(2)23-18-19-10-9-17(21-18)16-7-5-15(6-8-16)11-13(3)20-14(4)22/h5-10,12-13H,11H2,1-4H3,(H,20,22). The zero-order chi connectivity index (χ0) is 16.8. The second kappa shape index (κ2) is 7.72. The Morgan fingerprint density at radius 1 is 1.17 bits per heavy atom. The molecule has 2 rings (SSSR count). The van der Waals surface area contributed by atoms with Gasteiger partial charge in [0.15, 0.2) is 0 Å². The summed E-state index contributed by atoms with van der Waals surface area (Å²) in [6, 6.07) is 10.5. The molecule has 122 valence electrons. The van der Waals surface area contributed by atoms with E-state index in [-0.39, 0.29) is 18.1 Å². The van der Waals surface area contributed by atoms with E-state index in [1.807, 2.05) is 39.0 Å². The predicted molar refractivity (Wildman–Crippen MR) is 90.2 cm³/mol. The summed E-state index contributed by atoms with van der Waals surface area (Å²) in [7, 11) is 0. The van der Waals surface area contributed by atoms with E-state index < -0.39 is 0 Å². The fourth-order valence-electron chi connectivity index (χ4n) is 2.33. The van der Waals surface area contributed by atoms with Gasteiger partial charge in [-0.05, 0) is 38.8 Å². The van der Waals surface area contributed by atoms with Gasteiger partial charge in [-0.2, -0.15) is 4.98 Å². The van der Waals surface area contributed by atoms with Crippen molar-refractivity contribution < 1.29 is 9.53 Å². The van der Waals surface area contributed by atoms with Crippen LogP contribution in [-0.4, -0.2) is 28.0 Å². The molecule has 1 heterocycles. The molecule has 5 nitrogen and oxygen atoms in total. The van der Waals surface area contributed by atoms with Crippen LogP contribution in [0.2, 0.25) is 0 Å². The molecule has 0 saturated carbocycles. The highest BCUT2D eigenvalue weighted by molar-refractivity contribution is 5.73. The minimum absolute atomic E-state index is 0.00668. The van der Waals surface area contributed by atoms with Gasteiger partial charge in [0.2, 0.25) is 5.91 Å². The van der Waals surface area contributed by atoms with Crippen LogP contribution in [0.15, 0.2) is 36.5 Å². The van der Waals surface area contributed by atoms with Crippen LogP contribution in [0.1, 0.15) is 33.3 Å². The lowest BCUT2D eigenvalue weighted by atomic mass is 10.0. The lowest BCUT2D eigenvalue weighted by Gasteiger charge is -2.13. The number of rotatable bonds is 6. The van der Waals surface area contributed by atoms with Gasteiger partial charge in [0.25, 0.3) is 0 Å². The van der Waals surface area contributed by atoms with Crippen molar-refractivity contribution in [2.75, 3.05) is 0 Å². The molecule has 0 bridgehead atoms. The van der Waals surface area contributed by atoms with Crippen molar-refractivity contribution in [3.63, 3.8) is 0 Å². The number of nitrogens with one attached hydrogen (secondary N) is 1. The SMILES string of the molecule is CC(=O)NC(C)Cc1ccc(-c2ccnc(OC(C)C)n2)cc1. The molecule has 0 fully saturated rings. The van der Waals surface area contributed by atoms with Gasteiger partial charge in [0.05, 0.1) is 11.8 Å². The van der Waals surface area contributed by atoms with Crippen molar-refractivity contribution in [1.82, 2.24) is 15.3 Å². The molecule has 23 heavy (non-hydrogen) atoms. The Morgan fingerprint density at radius 3 is 2.48 bits per heavy atom. The maximum absolute atomic E-state index is 11.1. The smallest absolute Gasteiger partial charge is 0.317 e. The van der Waals surface area contributed by atoms with E-state index >= 15 is 0 Å². The summed E-state index contributed by atoms with van der Waals surface area (Å²) in [4.78, 5) is 19.6. The van der Waals surface area contributed by atoms with Crippen LogP contribution in [-0.2, 0) is 11.2 Å². The zero-order valence-corrected chi connectivity index (χ0v) is 14.0. The number of benzene rings is 1. The van der Waals surface area contributed by atoms with Crippen LogP contribution in [0.25, 0.3) is 11.3 Å². The van der Waals surface area contributed by atoms with Crippen molar-refractivity contribution in [1.29, 1.82) is 0 Å².